The van der Waals surface area contributed by atoms with Gasteiger partial charge in [0.2, 0.25) is 0 Å². The van der Waals surface area contributed by atoms with Crippen LogP contribution >= 0.6 is 15.9 Å². The van der Waals surface area contributed by atoms with Gasteiger partial charge in [-0.15, -0.1) is 5.11 Å². The van der Waals surface area contributed by atoms with Crippen LogP contribution in [0.2, 0.25) is 0 Å². The number of hydrogen-bond acceptors (Lipinski definition) is 4. The number of nitrogens with one attached hydrogen (secondary N) is 1. The van der Waals surface area contributed by atoms with Gasteiger partial charge in [-0.1, -0.05) is 15.9 Å². The van der Waals surface area contributed by atoms with E-state index in [1.807, 2.05) is 24.3 Å². The molecule has 1 aromatic carbocycles. The molecule has 3 rings (SSSR count). The highest BCUT2D eigenvalue weighted by atomic mass is 79.9. The number of azo groups is 1. The largest absolute Gasteiger partial charge is 0.380 e. The summed E-state index contributed by atoms with van der Waals surface area (Å²) in [5.41, 5.74) is 8.27. The van der Waals surface area contributed by atoms with Crippen LogP contribution in [0.4, 0.5) is 17.2 Å². The number of nitrogens with zero attached hydrogens (tertiary/aromatic N) is 3. The predicted molar refractivity (Wildman–Crippen MR) is 73.3 cm³/mol. The molecule has 5 nitrogen and oxygen atoms in total. The summed E-state index contributed by atoms with van der Waals surface area (Å²) < 4.78 is 1.02. The Morgan fingerprint density at radius 3 is 2.61 bits per heavy atom. The van der Waals surface area contributed by atoms with Gasteiger partial charge in [0.05, 0.1) is 11.4 Å². The van der Waals surface area contributed by atoms with Crippen molar-refractivity contribution in [2.24, 2.45) is 10.2 Å². The maximum Gasteiger partial charge on any atom is 0.173 e. The third kappa shape index (κ3) is 2.28. The predicted octanol–water partition coefficient (Wildman–Crippen LogP) is 4.05. The van der Waals surface area contributed by atoms with Crippen molar-refractivity contribution in [3.05, 3.63) is 34.4 Å². The number of nitrogens with two attached hydrogens (primary N) is 1. The SMILES string of the molecule is Nc1n[nH]c(C2CC2)c1N=Nc1ccc(Br)cc1. The average molecular weight is 306 g/mol. The Bertz CT molecular complexity index is 583. The molecular weight excluding hydrogens is 294 g/mol. The molecule has 0 unspecified atom stereocenters. The fourth-order valence-electron chi connectivity index (χ4n) is 1.74. The van der Waals surface area contributed by atoms with Crippen LogP contribution in [0.3, 0.4) is 0 Å². The highest BCUT2D eigenvalue weighted by Gasteiger charge is 2.29. The Morgan fingerprint density at radius 2 is 1.94 bits per heavy atom. The molecule has 0 amide bonds. The van der Waals surface area contributed by atoms with Gasteiger partial charge in [-0.2, -0.15) is 10.2 Å². The summed E-state index contributed by atoms with van der Waals surface area (Å²) in [5.74, 6) is 0.937. The minimum Gasteiger partial charge on any atom is -0.380 e. The molecule has 6 heteroatoms. The second kappa shape index (κ2) is 4.53. The number of hydrogen-bond donors (Lipinski definition) is 2. The molecule has 0 aliphatic heterocycles. The lowest BCUT2D eigenvalue weighted by molar-refractivity contribution is 0.964. The van der Waals surface area contributed by atoms with Gasteiger partial charge in [-0.3, -0.25) is 5.10 Å². The van der Waals surface area contributed by atoms with Crippen LogP contribution in [-0.4, -0.2) is 10.2 Å². The van der Waals surface area contributed by atoms with E-state index in [0.29, 0.717) is 17.4 Å². The highest BCUT2D eigenvalue weighted by molar-refractivity contribution is 9.10. The number of anilines is 1. The maximum atomic E-state index is 5.79. The summed E-state index contributed by atoms with van der Waals surface area (Å²) in [4.78, 5) is 0. The second-order valence-corrected chi connectivity index (χ2v) is 5.24. The quantitative estimate of drug-likeness (QED) is 0.839. The third-order valence-electron chi connectivity index (χ3n) is 2.87. The zero-order valence-electron chi connectivity index (χ0n) is 9.60. The summed E-state index contributed by atoms with van der Waals surface area (Å²) in [6.07, 6.45) is 2.34. The summed E-state index contributed by atoms with van der Waals surface area (Å²) in [5, 5.41) is 15.3. The normalized spacial score (nSPS) is 15.4. The smallest absolute Gasteiger partial charge is 0.173 e. The molecular formula is C12H12BrN5. The van der Waals surface area contributed by atoms with E-state index in [0.717, 1.165) is 15.9 Å². The molecule has 0 atom stereocenters. The number of nitrogen functional groups attached to an aromatic ring is 1. The molecule has 1 fully saturated rings. The van der Waals surface area contributed by atoms with Crippen molar-refractivity contribution in [3.8, 4) is 0 Å². The summed E-state index contributed by atoms with van der Waals surface area (Å²) in [6, 6.07) is 7.63. The molecule has 3 N–H and O–H groups in total. The van der Waals surface area contributed by atoms with Crippen LogP contribution in [0.1, 0.15) is 24.5 Å². The molecule has 2 aromatic rings. The van der Waals surface area contributed by atoms with Crippen molar-refractivity contribution in [1.29, 1.82) is 0 Å². The first kappa shape index (κ1) is 11.4. The van der Waals surface area contributed by atoms with E-state index < -0.39 is 0 Å². The minimum absolute atomic E-state index is 0.415. The number of rotatable bonds is 3. The minimum atomic E-state index is 0.415. The van der Waals surface area contributed by atoms with Crippen molar-refractivity contribution in [3.63, 3.8) is 0 Å². The molecule has 1 aromatic heterocycles. The number of aromatic amines is 1. The van der Waals surface area contributed by atoms with E-state index in [2.05, 4.69) is 36.4 Å². The van der Waals surface area contributed by atoms with Crippen LogP contribution in [0.15, 0.2) is 39.0 Å². The average Bonchev–Trinajstić information content (AvgIpc) is 3.14. The van der Waals surface area contributed by atoms with Gasteiger partial charge in [0.1, 0.15) is 0 Å². The van der Waals surface area contributed by atoms with E-state index in [4.69, 9.17) is 5.73 Å². The molecule has 1 heterocycles. The van der Waals surface area contributed by atoms with Gasteiger partial charge in [0.25, 0.3) is 0 Å². The first-order valence-corrected chi connectivity index (χ1v) is 6.54. The zero-order chi connectivity index (χ0) is 12.5. The lowest BCUT2D eigenvalue weighted by Crippen LogP contribution is -1.83. The fourth-order valence-corrected chi connectivity index (χ4v) is 2.01. The first-order valence-electron chi connectivity index (χ1n) is 5.75. The Kier molecular flexibility index (Phi) is 2.87. The molecule has 1 aliphatic carbocycles. The van der Waals surface area contributed by atoms with E-state index in [1.165, 1.54) is 12.8 Å². The van der Waals surface area contributed by atoms with Crippen LogP contribution in [0, 0.1) is 0 Å². The zero-order valence-corrected chi connectivity index (χ0v) is 11.2. The molecule has 0 spiro atoms. The van der Waals surface area contributed by atoms with Gasteiger partial charge in [0, 0.05) is 10.4 Å². The lowest BCUT2D eigenvalue weighted by Gasteiger charge is -1.95. The molecule has 92 valence electrons. The molecule has 1 saturated carbocycles. The summed E-state index contributed by atoms with van der Waals surface area (Å²) in [6.45, 7) is 0. The van der Waals surface area contributed by atoms with Gasteiger partial charge >= 0.3 is 0 Å². The molecule has 0 saturated heterocycles. The second-order valence-electron chi connectivity index (χ2n) is 4.32. The van der Waals surface area contributed by atoms with Crippen LogP contribution in [0.25, 0.3) is 0 Å². The van der Waals surface area contributed by atoms with Crippen LogP contribution < -0.4 is 5.73 Å². The molecule has 0 radical (unpaired) electrons. The Labute approximate surface area is 113 Å². The Morgan fingerprint density at radius 1 is 1.22 bits per heavy atom. The van der Waals surface area contributed by atoms with Crippen LogP contribution in [0.5, 0.6) is 0 Å². The first-order chi connectivity index (χ1) is 8.74. The monoisotopic (exact) mass is 305 g/mol. The Balaban J connectivity index is 1.87. The standard InChI is InChI=1S/C12H12BrN5/c13-8-3-5-9(6-4-8)15-17-11-10(7-1-2-7)16-18-12(11)14/h3-7H,1-2H2,(H3,14,16,18). The third-order valence-corrected chi connectivity index (χ3v) is 3.40. The summed E-state index contributed by atoms with van der Waals surface area (Å²) in [7, 11) is 0. The molecule has 1 aliphatic rings. The van der Waals surface area contributed by atoms with Gasteiger partial charge in [-0.25, -0.2) is 0 Å². The Hall–Kier alpha value is -1.69. The van der Waals surface area contributed by atoms with E-state index in [1.54, 1.807) is 0 Å². The van der Waals surface area contributed by atoms with Gasteiger partial charge in [0.15, 0.2) is 11.5 Å². The fraction of sp³-hybridized carbons (Fsp3) is 0.250. The highest BCUT2D eigenvalue weighted by Crippen LogP contribution is 2.45. The van der Waals surface area contributed by atoms with E-state index >= 15 is 0 Å². The maximum absolute atomic E-state index is 5.79. The van der Waals surface area contributed by atoms with Crippen molar-refractivity contribution in [1.82, 2.24) is 10.2 Å². The molecule has 0 bridgehead atoms. The number of benzene rings is 1. The van der Waals surface area contributed by atoms with Gasteiger partial charge in [-0.05, 0) is 37.1 Å². The number of aromatic nitrogens is 2. The van der Waals surface area contributed by atoms with E-state index in [9.17, 15) is 0 Å². The van der Waals surface area contributed by atoms with Crippen molar-refractivity contribution >= 4 is 33.1 Å². The topological polar surface area (TPSA) is 79.4 Å². The van der Waals surface area contributed by atoms with Crippen LogP contribution in [-0.2, 0) is 0 Å². The summed E-state index contributed by atoms with van der Waals surface area (Å²) >= 11 is 3.38. The lowest BCUT2D eigenvalue weighted by atomic mass is 10.2. The van der Waals surface area contributed by atoms with Crippen molar-refractivity contribution in [2.75, 3.05) is 5.73 Å². The number of H-pyrrole nitrogens is 1. The van der Waals surface area contributed by atoms with Gasteiger partial charge < -0.3 is 5.73 Å². The number of halogens is 1. The molecule has 18 heavy (non-hydrogen) atoms. The van der Waals surface area contributed by atoms with E-state index in [-0.39, 0.29) is 0 Å². The van der Waals surface area contributed by atoms with Crippen molar-refractivity contribution in [2.45, 2.75) is 18.8 Å². The van der Waals surface area contributed by atoms with Crippen molar-refractivity contribution < 1.29 is 0 Å².